The van der Waals surface area contributed by atoms with Gasteiger partial charge in [-0.3, -0.25) is 9.59 Å². The lowest BCUT2D eigenvalue weighted by molar-refractivity contribution is -0.120. The number of nitrogens with one attached hydrogen (secondary N) is 1. The van der Waals surface area contributed by atoms with Crippen molar-refractivity contribution >= 4 is 35.1 Å². The summed E-state index contributed by atoms with van der Waals surface area (Å²) in [7, 11) is 0. The molecule has 7 heteroatoms. The van der Waals surface area contributed by atoms with Gasteiger partial charge in [-0.15, -0.1) is 0 Å². The summed E-state index contributed by atoms with van der Waals surface area (Å²) < 4.78 is 0. The molecule has 0 saturated heterocycles. The maximum absolute atomic E-state index is 11.9. The van der Waals surface area contributed by atoms with Crippen molar-refractivity contribution in [2.45, 2.75) is 19.8 Å². The monoisotopic (exact) mass is 298 g/mol. The summed E-state index contributed by atoms with van der Waals surface area (Å²) in [4.78, 5) is 33.6. The summed E-state index contributed by atoms with van der Waals surface area (Å²) in [5.41, 5.74) is 5.09. The summed E-state index contributed by atoms with van der Waals surface area (Å²) in [5, 5.41) is 11.8. The van der Waals surface area contributed by atoms with Gasteiger partial charge in [-0.1, -0.05) is 18.5 Å². The number of primary amides is 1. The lowest BCUT2D eigenvalue weighted by atomic mass is 10.0. The number of amides is 2. The molecule has 0 aliphatic carbocycles. The number of carbonyl (C=O) groups is 3. The largest absolute Gasteiger partial charge is 0.478 e. The van der Waals surface area contributed by atoms with E-state index in [1.807, 2.05) is 0 Å². The van der Waals surface area contributed by atoms with E-state index in [4.69, 9.17) is 22.4 Å². The summed E-state index contributed by atoms with van der Waals surface area (Å²) in [6.45, 7) is 1.63. The Bertz CT molecular complexity index is 545. The van der Waals surface area contributed by atoms with E-state index in [0.29, 0.717) is 6.42 Å². The van der Waals surface area contributed by atoms with Gasteiger partial charge in [0.2, 0.25) is 11.8 Å². The summed E-state index contributed by atoms with van der Waals surface area (Å²) >= 11 is 5.72. The van der Waals surface area contributed by atoms with Gasteiger partial charge in [-0.25, -0.2) is 4.79 Å². The Morgan fingerprint density at radius 1 is 1.40 bits per heavy atom. The zero-order valence-corrected chi connectivity index (χ0v) is 11.6. The van der Waals surface area contributed by atoms with Crippen molar-refractivity contribution in [2.75, 3.05) is 5.32 Å². The maximum Gasteiger partial charge on any atom is 0.337 e. The smallest absolute Gasteiger partial charge is 0.337 e. The fraction of sp³-hybridized carbons (Fsp3) is 0.308. The van der Waals surface area contributed by atoms with Crippen molar-refractivity contribution in [3.63, 3.8) is 0 Å². The number of hydrogen-bond donors (Lipinski definition) is 3. The molecule has 1 aromatic rings. The number of aromatic carboxylic acids is 1. The van der Waals surface area contributed by atoms with Gasteiger partial charge in [0.05, 0.1) is 11.3 Å². The average Bonchev–Trinajstić information content (AvgIpc) is 2.37. The number of benzene rings is 1. The maximum atomic E-state index is 11.9. The molecule has 0 heterocycles. The normalized spacial score (nSPS) is 11.7. The molecule has 1 unspecified atom stereocenters. The molecule has 0 spiro atoms. The van der Waals surface area contributed by atoms with Crippen molar-refractivity contribution in [1.29, 1.82) is 0 Å². The van der Waals surface area contributed by atoms with Gasteiger partial charge in [0.25, 0.3) is 0 Å². The highest BCUT2D eigenvalue weighted by atomic mass is 35.5. The van der Waals surface area contributed by atoms with Gasteiger partial charge >= 0.3 is 5.97 Å². The van der Waals surface area contributed by atoms with Crippen molar-refractivity contribution in [1.82, 2.24) is 0 Å². The standard InChI is InChI=1S/C13H15ClN2O4/c1-7(2-5-11(15)17)12(18)16-10-4-3-8(14)6-9(10)13(19)20/h3-4,6-7H,2,5H2,1H3,(H2,15,17)(H,16,18)(H,19,20). The van der Waals surface area contributed by atoms with E-state index in [-0.39, 0.29) is 28.6 Å². The van der Waals surface area contributed by atoms with Gasteiger partial charge < -0.3 is 16.2 Å². The molecule has 0 saturated carbocycles. The first kappa shape index (κ1) is 16.0. The third-order valence-corrected chi connectivity index (χ3v) is 2.98. The Morgan fingerprint density at radius 3 is 2.60 bits per heavy atom. The molecule has 20 heavy (non-hydrogen) atoms. The van der Waals surface area contributed by atoms with E-state index in [1.54, 1.807) is 6.92 Å². The molecule has 0 bridgehead atoms. The molecule has 108 valence electrons. The van der Waals surface area contributed by atoms with E-state index in [1.165, 1.54) is 18.2 Å². The second-order valence-corrected chi connectivity index (χ2v) is 4.83. The molecule has 2 amide bonds. The minimum Gasteiger partial charge on any atom is -0.478 e. The minimum atomic E-state index is -1.19. The molecule has 1 rings (SSSR count). The number of hydrogen-bond acceptors (Lipinski definition) is 3. The number of anilines is 1. The number of carboxylic acid groups (broad SMARTS) is 1. The number of carboxylic acids is 1. The van der Waals surface area contributed by atoms with Crippen LogP contribution in [0.1, 0.15) is 30.1 Å². The summed E-state index contributed by atoms with van der Waals surface area (Å²) in [5.74, 6) is -2.51. The third kappa shape index (κ3) is 4.55. The van der Waals surface area contributed by atoms with Crippen LogP contribution in [0.4, 0.5) is 5.69 Å². The van der Waals surface area contributed by atoms with Crippen LogP contribution in [0.3, 0.4) is 0 Å². The molecule has 0 fully saturated rings. The predicted molar refractivity (Wildman–Crippen MR) is 74.6 cm³/mol. The first-order valence-electron chi connectivity index (χ1n) is 5.93. The number of rotatable bonds is 6. The van der Waals surface area contributed by atoms with E-state index in [2.05, 4.69) is 5.32 Å². The molecule has 0 radical (unpaired) electrons. The molecule has 0 aliphatic heterocycles. The number of halogens is 1. The predicted octanol–water partition coefficient (Wildman–Crippen LogP) is 1.88. The Kier molecular flexibility index (Phi) is 5.52. The van der Waals surface area contributed by atoms with E-state index < -0.39 is 17.8 Å². The second-order valence-electron chi connectivity index (χ2n) is 4.39. The van der Waals surface area contributed by atoms with Crippen LogP contribution in [0, 0.1) is 5.92 Å². The fourth-order valence-corrected chi connectivity index (χ4v) is 1.72. The molecule has 1 aromatic carbocycles. The first-order chi connectivity index (χ1) is 9.31. The van der Waals surface area contributed by atoms with Crippen LogP contribution in [-0.4, -0.2) is 22.9 Å². The Labute approximate surface area is 120 Å². The number of nitrogens with two attached hydrogens (primary N) is 1. The van der Waals surface area contributed by atoms with Crippen LogP contribution in [0.2, 0.25) is 5.02 Å². The fourth-order valence-electron chi connectivity index (χ4n) is 1.55. The minimum absolute atomic E-state index is 0.0899. The highest BCUT2D eigenvalue weighted by molar-refractivity contribution is 6.31. The highest BCUT2D eigenvalue weighted by Crippen LogP contribution is 2.21. The molecular formula is C13H15ClN2O4. The van der Waals surface area contributed by atoms with Crippen LogP contribution in [0.25, 0.3) is 0 Å². The van der Waals surface area contributed by atoms with E-state index in [9.17, 15) is 14.4 Å². The van der Waals surface area contributed by atoms with Gasteiger partial charge in [0.15, 0.2) is 0 Å². The lowest BCUT2D eigenvalue weighted by Gasteiger charge is -2.13. The van der Waals surface area contributed by atoms with Crippen LogP contribution in [0.5, 0.6) is 0 Å². The lowest BCUT2D eigenvalue weighted by Crippen LogP contribution is -2.23. The molecule has 4 N–H and O–H groups in total. The topological polar surface area (TPSA) is 109 Å². The van der Waals surface area contributed by atoms with Crippen molar-refractivity contribution in [3.8, 4) is 0 Å². The van der Waals surface area contributed by atoms with Crippen molar-refractivity contribution < 1.29 is 19.5 Å². The van der Waals surface area contributed by atoms with Gasteiger partial charge in [0.1, 0.15) is 0 Å². The Balaban J connectivity index is 2.80. The Morgan fingerprint density at radius 2 is 2.05 bits per heavy atom. The van der Waals surface area contributed by atoms with Crippen LogP contribution in [-0.2, 0) is 9.59 Å². The van der Waals surface area contributed by atoms with Gasteiger partial charge in [-0.2, -0.15) is 0 Å². The quantitative estimate of drug-likeness (QED) is 0.744. The SMILES string of the molecule is CC(CCC(N)=O)C(=O)Nc1ccc(Cl)cc1C(=O)O. The van der Waals surface area contributed by atoms with Crippen molar-refractivity contribution in [2.24, 2.45) is 11.7 Å². The molecular weight excluding hydrogens is 284 g/mol. The first-order valence-corrected chi connectivity index (χ1v) is 6.31. The average molecular weight is 299 g/mol. The molecule has 1 atom stereocenters. The van der Waals surface area contributed by atoms with Crippen LogP contribution >= 0.6 is 11.6 Å². The zero-order valence-electron chi connectivity index (χ0n) is 10.9. The molecule has 0 aromatic heterocycles. The second kappa shape index (κ2) is 6.91. The highest BCUT2D eigenvalue weighted by Gasteiger charge is 2.17. The summed E-state index contributed by atoms with van der Waals surface area (Å²) in [6.07, 6.45) is 0.401. The molecule has 0 aliphatic rings. The van der Waals surface area contributed by atoms with Gasteiger partial charge in [-0.05, 0) is 24.6 Å². The van der Waals surface area contributed by atoms with E-state index in [0.717, 1.165) is 0 Å². The summed E-state index contributed by atoms with van der Waals surface area (Å²) in [6, 6.07) is 4.16. The zero-order chi connectivity index (χ0) is 15.3. The van der Waals surface area contributed by atoms with Crippen molar-refractivity contribution in [3.05, 3.63) is 28.8 Å². The third-order valence-electron chi connectivity index (χ3n) is 2.74. The molecule has 6 nitrogen and oxygen atoms in total. The van der Waals surface area contributed by atoms with E-state index >= 15 is 0 Å². The van der Waals surface area contributed by atoms with Crippen LogP contribution < -0.4 is 11.1 Å². The Hall–Kier alpha value is -2.08. The van der Waals surface area contributed by atoms with Gasteiger partial charge in [0, 0.05) is 17.4 Å². The van der Waals surface area contributed by atoms with Crippen LogP contribution in [0.15, 0.2) is 18.2 Å². The number of carbonyl (C=O) groups excluding carboxylic acids is 2.